The van der Waals surface area contributed by atoms with Crippen LogP contribution < -0.4 is 5.76 Å². The molecule has 0 radical (unpaired) electrons. The van der Waals surface area contributed by atoms with Crippen molar-refractivity contribution in [1.82, 2.24) is 4.98 Å². The van der Waals surface area contributed by atoms with Gasteiger partial charge in [0.05, 0.1) is 5.52 Å². The molecule has 0 fully saturated rings. The second-order valence-electron chi connectivity index (χ2n) is 2.89. The zero-order chi connectivity index (χ0) is 9.42. The lowest BCUT2D eigenvalue weighted by Gasteiger charge is -2.01. The van der Waals surface area contributed by atoms with E-state index in [0.29, 0.717) is 5.58 Å². The topological polar surface area (TPSA) is 46.0 Å². The van der Waals surface area contributed by atoms with Crippen molar-refractivity contribution in [2.24, 2.45) is 0 Å². The van der Waals surface area contributed by atoms with Gasteiger partial charge in [0.2, 0.25) is 0 Å². The summed E-state index contributed by atoms with van der Waals surface area (Å²) in [4.78, 5) is 13.7. The van der Waals surface area contributed by atoms with Crippen LogP contribution in [0, 0.1) is 0 Å². The van der Waals surface area contributed by atoms with Crippen LogP contribution in [0.25, 0.3) is 11.1 Å². The van der Waals surface area contributed by atoms with Crippen molar-refractivity contribution >= 4 is 27.0 Å². The first kappa shape index (κ1) is 8.56. The summed E-state index contributed by atoms with van der Waals surface area (Å²) >= 11 is 3.45. The van der Waals surface area contributed by atoms with Gasteiger partial charge in [0.25, 0.3) is 0 Å². The van der Waals surface area contributed by atoms with Gasteiger partial charge < -0.3 is 4.42 Å². The molecule has 2 aromatic rings. The van der Waals surface area contributed by atoms with Gasteiger partial charge in [-0.2, -0.15) is 0 Å². The molecule has 0 saturated carbocycles. The molecule has 0 spiro atoms. The molecule has 68 valence electrons. The zero-order valence-electron chi connectivity index (χ0n) is 7.00. The normalized spacial score (nSPS) is 13.4. The Hall–Kier alpha value is -1.03. The Morgan fingerprint density at radius 1 is 1.54 bits per heavy atom. The molecule has 1 N–H and O–H groups in total. The minimum absolute atomic E-state index is 0.261. The minimum atomic E-state index is -0.408. The van der Waals surface area contributed by atoms with E-state index < -0.39 is 5.76 Å². The van der Waals surface area contributed by atoms with Crippen molar-refractivity contribution in [2.45, 2.75) is 11.8 Å². The smallest absolute Gasteiger partial charge is 0.408 e. The highest BCUT2D eigenvalue weighted by atomic mass is 79.9. The maximum Gasteiger partial charge on any atom is 0.417 e. The van der Waals surface area contributed by atoms with Crippen molar-refractivity contribution in [3.05, 3.63) is 34.3 Å². The predicted molar refractivity (Wildman–Crippen MR) is 54.2 cm³/mol. The van der Waals surface area contributed by atoms with Gasteiger partial charge in [-0.25, -0.2) is 4.79 Å². The SMILES string of the molecule is CC(Br)c1ccc2[nH]c(=O)oc2c1. The predicted octanol–water partition coefficient (Wildman–Crippen LogP) is 2.58. The van der Waals surface area contributed by atoms with Crippen molar-refractivity contribution in [1.29, 1.82) is 0 Å². The fraction of sp³-hybridized carbons (Fsp3) is 0.222. The second kappa shape index (κ2) is 3.03. The number of H-pyrrole nitrogens is 1. The quantitative estimate of drug-likeness (QED) is 0.781. The average Bonchev–Trinajstić information content (AvgIpc) is 2.42. The molecule has 1 unspecified atom stereocenters. The van der Waals surface area contributed by atoms with E-state index in [1.165, 1.54) is 0 Å². The summed E-state index contributed by atoms with van der Waals surface area (Å²) < 4.78 is 4.93. The summed E-state index contributed by atoms with van der Waals surface area (Å²) in [6.45, 7) is 2.02. The number of hydrogen-bond acceptors (Lipinski definition) is 2. The number of fused-ring (bicyclic) bond motifs is 1. The van der Waals surface area contributed by atoms with Gasteiger partial charge in [-0.05, 0) is 24.6 Å². The molecule has 0 aliphatic carbocycles. The van der Waals surface area contributed by atoms with Crippen LogP contribution in [0.15, 0.2) is 27.4 Å². The van der Waals surface area contributed by atoms with E-state index in [-0.39, 0.29) is 4.83 Å². The molecule has 0 amide bonds. The van der Waals surface area contributed by atoms with Crippen LogP contribution in [0.5, 0.6) is 0 Å². The third kappa shape index (κ3) is 1.54. The van der Waals surface area contributed by atoms with Crippen LogP contribution in [0.2, 0.25) is 0 Å². The summed E-state index contributed by atoms with van der Waals surface area (Å²) in [5, 5.41) is 0. The first-order valence-corrected chi connectivity index (χ1v) is 4.85. The summed E-state index contributed by atoms with van der Waals surface area (Å²) in [7, 11) is 0. The lowest BCUT2D eigenvalue weighted by atomic mass is 10.1. The molecule has 2 rings (SSSR count). The number of benzene rings is 1. The fourth-order valence-corrected chi connectivity index (χ4v) is 1.49. The van der Waals surface area contributed by atoms with Gasteiger partial charge in [-0.3, -0.25) is 4.98 Å². The number of rotatable bonds is 1. The lowest BCUT2D eigenvalue weighted by Crippen LogP contribution is -1.92. The number of nitrogens with one attached hydrogen (secondary N) is 1. The highest BCUT2D eigenvalue weighted by molar-refractivity contribution is 9.09. The first-order chi connectivity index (χ1) is 6.16. The summed E-state index contributed by atoms with van der Waals surface area (Å²) in [5.74, 6) is -0.408. The molecule has 0 bridgehead atoms. The average molecular weight is 242 g/mol. The first-order valence-electron chi connectivity index (χ1n) is 3.93. The van der Waals surface area contributed by atoms with E-state index >= 15 is 0 Å². The second-order valence-corrected chi connectivity index (χ2v) is 4.26. The molecular weight excluding hydrogens is 234 g/mol. The van der Waals surface area contributed by atoms with Crippen LogP contribution in [0.1, 0.15) is 17.3 Å². The number of oxazole rings is 1. The van der Waals surface area contributed by atoms with Gasteiger partial charge in [0, 0.05) is 4.83 Å². The van der Waals surface area contributed by atoms with Crippen molar-refractivity contribution in [2.75, 3.05) is 0 Å². The molecule has 0 saturated heterocycles. The van der Waals surface area contributed by atoms with Crippen molar-refractivity contribution in [3.63, 3.8) is 0 Å². The summed E-state index contributed by atoms with van der Waals surface area (Å²) in [6, 6.07) is 5.65. The highest BCUT2D eigenvalue weighted by Gasteiger charge is 2.04. The van der Waals surface area contributed by atoms with Crippen molar-refractivity contribution < 1.29 is 4.42 Å². The third-order valence-electron chi connectivity index (χ3n) is 1.90. The molecule has 0 aliphatic heterocycles. The maximum atomic E-state index is 10.8. The molecule has 3 nitrogen and oxygen atoms in total. The maximum absolute atomic E-state index is 10.8. The number of aromatic nitrogens is 1. The number of alkyl halides is 1. The van der Waals surface area contributed by atoms with Gasteiger partial charge in [-0.1, -0.05) is 22.0 Å². The van der Waals surface area contributed by atoms with E-state index in [2.05, 4.69) is 20.9 Å². The van der Waals surface area contributed by atoms with E-state index in [1.807, 2.05) is 25.1 Å². The monoisotopic (exact) mass is 241 g/mol. The Kier molecular flexibility index (Phi) is 2.00. The Balaban J connectivity index is 2.68. The Bertz CT molecular complexity index is 484. The van der Waals surface area contributed by atoms with Gasteiger partial charge >= 0.3 is 5.76 Å². The standard InChI is InChI=1S/C9H8BrNO2/c1-5(10)6-2-3-7-8(4-6)13-9(12)11-7/h2-5H,1H3,(H,11,12). The third-order valence-corrected chi connectivity index (χ3v) is 2.43. The molecule has 13 heavy (non-hydrogen) atoms. The van der Waals surface area contributed by atoms with Crippen LogP contribution >= 0.6 is 15.9 Å². The number of aromatic amines is 1. The van der Waals surface area contributed by atoms with Crippen LogP contribution in [0.4, 0.5) is 0 Å². The molecule has 1 heterocycles. The molecule has 1 aromatic heterocycles. The number of halogens is 1. The molecular formula is C9H8BrNO2. The highest BCUT2D eigenvalue weighted by Crippen LogP contribution is 2.24. The lowest BCUT2D eigenvalue weighted by molar-refractivity contribution is 0.555. The molecule has 1 atom stereocenters. The Labute approximate surface area is 82.9 Å². The minimum Gasteiger partial charge on any atom is -0.408 e. The van der Waals surface area contributed by atoms with Crippen LogP contribution in [-0.2, 0) is 0 Å². The van der Waals surface area contributed by atoms with Crippen molar-refractivity contribution in [3.8, 4) is 0 Å². The van der Waals surface area contributed by atoms with Gasteiger partial charge in [-0.15, -0.1) is 0 Å². The van der Waals surface area contributed by atoms with Gasteiger partial charge in [0.1, 0.15) is 0 Å². The zero-order valence-corrected chi connectivity index (χ0v) is 8.59. The van der Waals surface area contributed by atoms with E-state index in [9.17, 15) is 4.79 Å². The number of hydrogen-bond donors (Lipinski definition) is 1. The Morgan fingerprint density at radius 2 is 2.31 bits per heavy atom. The van der Waals surface area contributed by atoms with Crippen LogP contribution in [0.3, 0.4) is 0 Å². The Morgan fingerprint density at radius 3 is 3.00 bits per heavy atom. The molecule has 1 aromatic carbocycles. The molecule has 4 heteroatoms. The molecule has 0 aliphatic rings. The summed E-state index contributed by atoms with van der Waals surface area (Å²) in [6.07, 6.45) is 0. The van der Waals surface area contributed by atoms with E-state index in [4.69, 9.17) is 4.42 Å². The summed E-state index contributed by atoms with van der Waals surface area (Å²) in [5.41, 5.74) is 2.44. The van der Waals surface area contributed by atoms with Crippen LogP contribution in [-0.4, -0.2) is 4.98 Å². The largest absolute Gasteiger partial charge is 0.417 e. The van der Waals surface area contributed by atoms with E-state index in [0.717, 1.165) is 11.1 Å². The van der Waals surface area contributed by atoms with Gasteiger partial charge in [0.15, 0.2) is 5.58 Å². The fourth-order valence-electron chi connectivity index (χ4n) is 1.21. The van der Waals surface area contributed by atoms with E-state index in [1.54, 1.807) is 0 Å².